The van der Waals surface area contributed by atoms with Crippen LogP contribution in [0.2, 0.25) is 36.3 Å². The molecule has 1 aromatic carbocycles. The zero-order valence-electron chi connectivity index (χ0n) is 20.8. The van der Waals surface area contributed by atoms with Crippen molar-refractivity contribution in [2.24, 2.45) is 0 Å². The third kappa shape index (κ3) is 4.69. The standard InChI is InChI=1S/C24H40O4Si2/c1-16(2)19-13-17-20(26-19)14-21(27-29(9,10)23(3,4)5)18(15-25)22(17)28-30(11,12)24(6,7)8/h14-15,19H,1,13H2,2-12H3/t19-/m1/s1. The molecular weight excluding hydrogens is 408 g/mol. The van der Waals surface area contributed by atoms with Crippen molar-refractivity contribution in [3.8, 4) is 17.2 Å². The lowest BCUT2D eigenvalue weighted by Crippen LogP contribution is -2.45. The number of hydrogen-bond donors (Lipinski definition) is 0. The summed E-state index contributed by atoms with van der Waals surface area (Å²) in [6.07, 6.45) is 1.44. The van der Waals surface area contributed by atoms with Gasteiger partial charge in [0.05, 0.1) is 5.56 Å². The summed E-state index contributed by atoms with van der Waals surface area (Å²) < 4.78 is 19.5. The number of carbonyl (C=O) groups is 1. The molecule has 0 spiro atoms. The van der Waals surface area contributed by atoms with Gasteiger partial charge in [-0.3, -0.25) is 4.79 Å². The fraction of sp³-hybridized carbons (Fsp3) is 0.625. The van der Waals surface area contributed by atoms with E-state index in [1.807, 2.05) is 13.0 Å². The van der Waals surface area contributed by atoms with Crippen molar-refractivity contribution < 1.29 is 18.4 Å². The Hall–Kier alpha value is -1.54. The van der Waals surface area contributed by atoms with Crippen molar-refractivity contribution in [1.29, 1.82) is 0 Å². The molecule has 0 amide bonds. The maximum absolute atomic E-state index is 12.3. The van der Waals surface area contributed by atoms with E-state index in [0.717, 1.165) is 23.2 Å². The van der Waals surface area contributed by atoms with E-state index < -0.39 is 16.6 Å². The van der Waals surface area contributed by atoms with Crippen molar-refractivity contribution >= 4 is 22.9 Å². The molecule has 1 aliphatic heterocycles. The zero-order valence-corrected chi connectivity index (χ0v) is 22.8. The molecule has 0 fully saturated rings. The van der Waals surface area contributed by atoms with Crippen LogP contribution in [0.15, 0.2) is 18.2 Å². The first-order valence-corrected chi connectivity index (χ1v) is 16.6. The van der Waals surface area contributed by atoms with Gasteiger partial charge >= 0.3 is 0 Å². The van der Waals surface area contributed by atoms with Crippen LogP contribution in [0.3, 0.4) is 0 Å². The Bertz CT molecular complexity index is 842. The van der Waals surface area contributed by atoms with Crippen LogP contribution < -0.4 is 13.6 Å². The molecule has 30 heavy (non-hydrogen) atoms. The van der Waals surface area contributed by atoms with Crippen molar-refractivity contribution in [2.75, 3.05) is 0 Å². The second kappa shape index (κ2) is 7.86. The molecule has 0 unspecified atom stereocenters. The Morgan fingerprint density at radius 2 is 1.57 bits per heavy atom. The van der Waals surface area contributed by atoms with Gasteiger partial charge < -0.3 is 13.6 Å². The van der Waals surface area contributed by atoms with Gasteiger partial charge in [-0.2, -0.15) is 0 Å². The van der Waals surface area contributed by atoms with Gasteiger partial charge in [-0.05, 0) is 48.8 Å². The van der Waals surface area contributed by atoms with Gasteiger partial charge in [0.15, 0.2) is 6.29 Å². The molecule has 0 radical (unpaired) electrons. The van der Waals surface area contributed by atoms with E-state index in [-0.39, 0.29) is 16.2 Å². The van der Waals surface area contributed by atoms with Crippen LogP contribution in [-0.4, -0.2) is 29.0 Å². The molecular formula is C24H40O4Si2. The summed E-state index contributed by atoms with van der Waals surface area (Å²) in [5.74, 6) is 1.97. The van der Waals surface area contributed by atoms with Crippen molar-refractivity contribution in [3.05, 3.63) is 29.3 Å². The second-order valence-electron chi connectivity index (χ2n) is 11.6. The highest BCUT2D eigenvalue weighted by Crippen LogP contribution is 2.49. The normalized spacial score (nSPS) is 17.2. The highest BCUT2D eigenvalue weighted by Gasteiger charge is 2.43. The average molecular weight is 449 g/mol. The molecule has 168 valence electrons. The van der Waals surface area contributed by atoms with E-state index >= 15 is 0 Å². The minimum Gasteiger partial charge on any atom is -0.543 e. The van der Waals surface area contributed by atoms with E-state index in [1.165, 1.54) is 0 Å². The third-order valence-electron chi connectivity index (χ3n) is 7.00. The number of aldehydes is 1. The van der Waals surface area contributed by atoms with Crippen LogP contribution in [0.4, 0.5) is 0 Å². The fourth-order valence-corrected chi connectivity index (χ4v) is 4.85. The Morgan fingerprint density at radius 3 is 2.00 bits per heavy atom. The number of rotatable bonds is 6. The lowest BCUT2D eigenvalue weighted by Gasteiger charge is -2.39. The number of ether oxygens (including phenoxy) is 1. The summed E-state index contributed by atoms with van der Waals surface area (Å²) in [6.45, 7) is 28.0. The van der Waals surface area contributed by atoms with E-state index in [9.17, 15) is 4.79 Å². The fourth-order valence-electron chi connectivity index (χ4n) is 2.77. The monoisotopic (exact) mass is 448 g/mol. The van der Waals surface area contributed by atoms with Gasteiger partial charge in [-0.25, -0.2) is 0 Å². The minimum absolute atomic E-state index is 0.00352. The first-order valence-electron chi connectivity index (χ1n) is 10.8. The lowest BCUT2D eigenvalue weighted by atomic mass is 10.0. The third-order valence-corrected chi connectivity index (χ3v) is 15.7. The molecule has 1 aliphatic rings. The van der Waals surface area contributed by atoms with E-state index in [1.54, 1.807) is 0 Å². The Morgan fingerprint density at radius 1 is 1.07 bits per heavy atom. The van der Waals surface area contributed by atoms with Crippen molar-refractivity contribution in [1.82, 2.24) is 0 Å². The smallest absolute Gasteiger partial charge is 0.250 e. The van der Waals surface area contributed by atoms with E-state index in [0.29, 0.717) is 23.5 Å². The zero-order chi connectivity index (χ0) is 23.3. The SMILES string of the molecule is C=C(C)[C@H]1Cc2c(cc(O[Si](C)(C)C(C)(C)C)c(C=O)c2O[Si](C)(C)C(C)(C)C)O1. The molecule has 0 saturated heterocycles. The Labute approximate surface area is 185 Å². The van der Waals surface area contributed by atoms with Gasteiger partial charge in [0.1, 0.15) is 23.4 Å². The van der Waals surface area contributed by atoms with E-state index in [2.05, 4.69) is 74.3 Å². The Balaban J connectivity index is 2.69. The predicted octanol–water partition coefficient (Wildman–Crippen LogP) is 7.15. The maximum Gasteiger partial charge on any atom is 0.250 e. The molecule has 0 N–H and O–H groups in total. The number of carbonyl (C=O) groups excluding carboxylic acids is 1. The molecule has 0 aromatic heterocycles. The van der Waals surface area contributed by atoms with Crippen LogP contribution in [-0.2, 0) is 6.42 Å². The van der Waals surface area contributed by atoms with Gasteiger partial charge in [0.2, 0.25) is 0 Å². The molecule has 0 bridgehead atoms. The lowest BCUT2D eigenvalue weighted by molar-refractivity contribution is 0.111. The number of hydrogen-bond acceptors (Lipinski definition) is 4. The van der Waals surface area contributed by atoms with Crippen molar-refractivity contribution in [3.63, 3.8) is 0 Å². The van der Waals surface area contributed by atoms with Crippen LogP contribution >= 0.6 is 0 Å². The predicted molar refractivity (Wildman–Crippen MR) is 130 cm³/mol. The maximum atomic E-state index is 12.3. The van der Waals surface area contributed by atoms with Crippen LogP contribution in [0, 0.1) is 0 Å². The largest absolute Gasteiger partial charge is 0.543 e. The molecule has 2 rings (SSSR count). The highest BCUT2D eigenvalue weighted by atomic mass is 28.4. The first-order chi connectivity index (χ1) is 13.4. The van der Waals surface area contributed by atoms with Gasteiger partial charge in [0.25, 0.3) is 16.6 Å². The molecule has 0 saturated carbocycles. The summed E-state index contributed by atoms with van der Waals surface area (Å²) in [5.41, 5.74) is 2.43. The highest BCUT2D eigenvalue weighted by molar-refractivity contribution is 6.75. The van der Waals surface area contributed by atoms with Crippen LogP contribution in [0.5, 0.6) is 17.2 Å². The summed E-state index contributed by atoms with van der Waals surface area (Å²) in [6, 6.07) is 1.89. The van der Waals surface area contributed by atoms with Gasteiger partial charge in [-0.15, -0.1) is 0 Å². The van der Waals surface area contributed by atoms with Gasteiger partial charge in [0, 0.05) is 18.1 Å². The first kappa shape index (κ1) is 24.7. The van der Waals surface area contributed by atoms with Crippen molar-refractivity contribution in [2.45, 2.75) is 97.3 Å². The minimum atomic E-state index is -2.18. The molecule has 1 aromatic rings. The summed E-state index contributed by atoms with van der Waals surface area (Å²) in [5, 5.41) is 0.0112. The molecule has 6 heteroatoms. The summed E-state index contributed by atoms with van der Waals surface area (Å²) in [7, 11) is -4.34. The van der Waals surface area contributed by atoms with Crippen LogP contribution in [0.25, 0.3) is 0 Å². The number of benzene rings is 1. The van der Waals surface area contributed by atoms with Crippen LogP contribution in [0.1, 0.15) is 64.4 Å². The number of fused-ring (bicyclic) bond motifs is 1. The molecule has 0 aliphatic carbocycles. The Kier molecular flexibility index (Phi) is 6.48. The topological polar surface area (TPSA) is 44.8 Å². The molecule has 4 nitrogen and oxygen atoms in total. The summed E-state index contributed by atoms with van der Waals surface area (Å²) >= 11 is 0. The molecule has 1 atom stereocenters. The van der Waals surface area contributed by atoms with E-state index in [4.69, 9.17) is 13.6 Å². The second-order valence-corrected chi connectivity index (χ2v) is 21.0. The molecule has 1 heterocycles. The average Bonchev–Trinajstić information content (AvgIpc) is 2.96. The van der Waals surface area contributed by atoms with Gasteiger partial charge in [-0.1, -0.05) is 48.1 Å². The summed E-state index contributed by atoms with van der Waals surface area (Å²) in [4.78, 5) is 12.3. The quantitative estimate of drug-likeness (QED) is 0.263.